The maximum absolute atomic E-state index is 5.86. The molecule has 4 nitrogen and oxygen atoms in total. The van der Waals surface area contributed by atoms with Gasteiger partial charge >= 0.3 is 0 Å². The molecule has 0 heterocycles. The highest BCUT2D eigenvalue weighted by Crippen LogP contribution is 2.19. The number of hydrogen-bond acceptors (Lipinski definition) is 4. The topological polar surface area (TPSA) is 53.7 Å². The summed E-state index contributed by atoms with van der Waals surface area (Å²) in [4.78, 5) is 0. The molecule has 0 saturated heterocycles. The highest BCUT2D eigenvalue weighted by Gasteiger charge is 2.10. The van der Waals surface area contributed by atoms with Gasteiger partial charge in [-0.25, -0.2) is 0 Å². The summed E-state index contributed by atoms with van der Waals surface area (Å²) in [5.41, 5.74) is 6.55. The zero-order chi connectivity index (χ0) is 16.8. The molecule has 0 bridgehead atoms. The van der Waals surface area contributed by atoms with E-state index < -0.39 is 0 Å². The van der Waals surface area contributed by atoms with Crippen LogP contribution in [0.2, 0.25) is 6.04 Å². The molecule has 1 aromatic rings. The van der Waals surface area contributed by atoms with Crippen LogP contribution in [0.15, 0.2) is 24.3 Å². The summed E-state index contributed by atoms with van der Waals surface area (Å²) in [6.07, 6.45) is 5.47. The Balaban J connectivity index is 2.18. The molecule has 23 heavy (non-hydrogen) atoms. The fourth-order valence-electron chi connectivity index (χ4n) is 1.92. The van der Waals surface area contributed by atoms with Gasteiger partial charge in [-0.2, -0.15) is 0 Å². The number of para-hydroxylation sites is 2. The van der Waals surface area contributed by atoms with Crippen molar-refractivity contribution in [2.45, 2.75) is 57.9 Å². The fourth-order valence-corrected chi connectivity index (χ4v) is 2.98. The molecule has 0 fully saturated rings. The maximum atomic E-state index is 5.86. The van der Waals surface area contributed by atoms with E-state index in [1.807, 2.05) is 24.3 Å². The first-order valence-corrected chi connectivity index (χ1v) is 10.00. The molecule has 0 saturated carbocycles. The van der Waals surface area contributed by atoms with E-state index in [0.717, 1.165) is 57.1 Å². The lowest BCUT2D eigenvalue weighted by Gasteiger charge is -2.18. The Morgan fingerprint density at radius 2 is 1.61 bits per heavy atom. The van der Waals surface area contributed by atoms with E-state index >= 15 is 0 Å². The van der Waals surface area contributed by atoms with Crippen LogP contribution in [0, 0.1) is 0 Å². The van der Waals surface area contributed by atoms with Gasteiger partial charge in [0.15, 0.2) is 0 Å². The molecular formula is C18H31NO3Si. The normalized spacial score (nSPS) is 11.1. The van der Waals surface area contributed by atoms with Crippen LogP contribution in [0.3, 0.4) is 0 Å². The van der Waals surface area contributed by atoms with Crippen LogP contribution in [-0.4, -0.2) is 35.3 Å². The van der Waals surface area contributed by atoms with Crippen LogP contribution < -0.4 is 10.5 Å². The van der Waals surface area contributed by atoms with Crippen LogP contribution in [0.25, 0.3) is 0 Å². The summed E-state index contributed by atoms with van der Waals surface area (Å²) in [6, 6.07) is 8.66. The number of rotatable bonds is 14. The first kappa shape index (κ1) is 20.0. The van der Waals surface area contributed by atoms with Crippen molar-refractivity contribution < 1.29 is 14.2 Å². The summed E-state index contributed by atoms with van der Waals surface area (Å²) in [7, 11) is 0.655. The third-order valence-electron chi connectivity index (χ3n) is 3.34. The van der Waals surface area contributed by atoms with Gasteiger partial charge in [-0.3, -0.25) is 0 Å². The minimum atomic E-state index is -0.0464. The van der Waals surface area contributed by atoms with Crippen LogP contribution in [-0.2, 0) is 9.47 Å². The van der Waals surface area contributed by atoms with Gasteiger partial charge in [0.05, 0.1) is 12.3 Å². The molecule has 0 amide bonds. The van der Waals surface area contributed by atoms with E-state index in [-0.39, 0.29) is 5.91 Å². The molecule has 0 unspecified atom stereocenters. The van der Waals surface area contributed by atoms with Crippen molar-refractivity contribution >= 4 is 15.2 Å². The van der Waals surface area contributed by atoms with Crippen molar-refractivity contribution in [1.82, 2.24) is 0 Å². The standard InChI is InChI=1S/C18H31NO3Si/c1-3-5-12-21-18(22-13-6-4-2)23-15-9-14-20-17-11-8-7-10-16(17)19/h7-8,10-11,18H,3-6,9,12-15,19H2,1-2H3. The average molecular weight is 338 g/mol. The fraction of sp³-hybridized carbons (Fsp3) is 0.667. The van der Waals surface area contributed by atoms with Gasteiger partial charge in [0.25, 0.3) is 0 Å². The van der Waals surface area contributed by atoms with Gasteiger partial charge in [0.2, 0.25) is 0 Å². The van der Waals surface area contributed by atoms with Gasteiger partial charge in [0, 0.05) is 13.2 Å². The minimum Gasteiger partial charge on any atom is -0.491 e. The summed E-state index contributed by atoms with van der Waals surface area (Å²) >= 11 is 0. The molecule has 1 aromatic carbocycles. The number of hydrogen-bond donors (Lipinski definition) is 1. The highest BCUT2D eigenvalue weighted by atomic mass is 28.2. The molecule has 5 heteroatoms. The molecule has 0 aliphatic rings. The molecule has 2 N–H and O–H groups in total. The summed E-state index contributed by atoms with van der Waals surface area (Å²) in [5.74, 6) is 0.723. The maximum Gasteiger partial charge on any atom is 0.142 e. The average Bonchev–Trinajstić information content (AvgIpc) is 2.56. The van der Waals surface area contributed by atoms with Crippen molar-refractivity contribution in [2.75, 3.05) is 25.6 Å². The molecule has 0 spiro atoms. The first-order chi connectivity index (χ1) is 11.3. The summed E-state index contributed by atoms with van der Waals surface area (Å²) < 4.78 is 17.4. The number of nitrogen functional groups attached to an aromatic ring is 1. The van der Waals surface area contributed by atoms with Gasteiger partial charge in [0.1, 0.15) is 21.2 Å². The van der Waals surface area contributed by atoms with Gasteiger partial charge in [-0.15, -0.1) is 0 Å². The molecule has 0 aromatic heterocycles. The number of anilines is 1. The summed E-state index contributed by atoms with van der Waals surface area (Å²) in [6.45, 7) is 6.60. The molecule has 0 aliphatic carbocycles. The Labute approximate surface area is 143 Å². The van der Waals surface area contributed by atoms with Crippen LogP contribution in [0.4, 0.5) is 5.69 Å². The number of unbranched alkanes of at least 4 members (excludes halogenated alkanes) is 2. The molecule has 2 radical (unpaired) electrons. The monoisotopic (exact) mass is 337 g/mol. The summed E-state index contributed by atoms with van der Waals surface area (Å²) in [5, 5.41) is 0. The van der Waals surface area contributed by atoms with Crippen LogP contribution in [0.5, 0.6) is 5.75 Å². The zero-order valence-corrected chi connectivity index (χ0v) is 15.6. The van der Waals surface area contributed by atoms with E-state index in [2.05, 4.69) is 13.8 Å². The van der Waals surface area contributed by atoms with Crippen molar-refractivity contribution in [2.24, 2.45) is 0 Å². The second-order valence-electron chi connectivity index (χ2n) is 5.47. The number of benzene rings is 1. The van der Waals surface area contributed by atoms with Gasteiger partial charge < -0.3 is 19.9 Å². The third kappa shape index (κ3) is 9.64. The Morgan fingerprint density at radius 3 is 2.22 bits per heavy atom. The van der Waals surface area contributed by atoms with Crippen molar-refractivity contribution in [3.63, 3.8) is 0 Å². The van der Waals surface area contributed by atoms with E-state index in [0.29, 0.717) is 21.8 Å². The van der Waals surface area contributed by atoms with Gasteiger partial charge in [-0.1, -0.05) is 44.9 Å². The molecule has 0 atom stereocenters. The quantitative estimate of drug-likeness (QED) is 0.240. The predicted molar refractivity (Wildman–Crippen MR) is 97.0 cm³/mol. The van der Waals surface area contributed by atoms with E-state index in [4.69, 9.17) is 19.9 Å². The zero-order valence-electron chi connectivity index (χ0n) is 14.6. The minimum absolute atomic E-state index is 0.0464. The Kier molecular flexibility index (Phi) is 11.7. The second-order valence-corrected chi connectivity index (χ2v) is 6.85. The molecular weight excluding hydrogens is 306 g/mol. The lowest BCUT2D eigenvalue weighted by molar-refractivity contribution is -0.0921. The highest BCUT2D eigenvalue weighted by molar-refractivity contribution is 6.36. The smallest absolute Gasteiger partial charge is 0.142 e. The van der Waals surface area contributed by atoms with Crippen molar-refractivity contribution in [3.8, 4) is 5.75 Å². The lowest BCUT2D eigenvalue weighted by atomic mass is 10.3. The second kappa shape index (κ2) is 13.4. The first-order valence-electron chi connectivity index (χ1n) is 8.71. The van der Waals surface area contributed by atoms with Crippen LogP contribution >= 0.6 is 0 Å². The van der Waals surface area contributed by atoms with Crippen molar-refractivity contribution in [1.29, 1.82) is 0 Å². The Bertz CT molecular complexity index is 394. The predicted octanol–water partition coefficient (Wildman–Crippen LogP) is 4.08. The largest absolute Gasteiger partial charge is 0.491 e. The number of ether oxygens (including phenoxy) is 3. The van der Waals surface area contributed by atoms with E-state index in [9.17, 15) is 0 Å². The van der Waals surface area contributed by atoms with E-state index in [1.165, 1.54) is 0 Å². The number of nitrogens with two attached hydrogens (primary N) is 1. The Morgan fingerprint density at radius 1 is 0.957 bits per heavy atom. The SMILES string of the molecule is CCCCOC(OCCCC)[Si]CCCOc1ccccc1N. The van der Waals surface area contributed by atoms with E-state index in [1.54, 1.807) is 0 Å². The lowest BCUT2D eigenvalue weighted by Crippen LogP contribution is -2.26. The molecule has 130 valence electrons. The third-order valence-corrected chi connectivity index (χ3v) is 4.65. The van der Waals surface area contributed by atoms with Gasteiger partial charge in [-0.05, 0) is 31.4 Å². The molecule has 1 rings (SSSR count). The van der Waals surface area contributed by atoms with Crippen LogP contribution in [0.1, 0.15) is 46.0 Å². The van der Waals surface area contributed by atoms with Crippen molar-refractivity contribution in [3.05, 3.63) is 24.3 Å². The molecule has 0 aliphatic heterocycles. The Hall–Kier alpha value is -1.04.